The Morgan fingerprint density at radius 1 is 0.900 bits per heavy atom. The summed E-state index contributed by atoms with van der Waals surface area (Å²) in [6.45, 7) is -0.00787. The van der Waals surface area contributed by atoms with Gasteiger partial charge >= 0.3 is 0 Å². The predicted molar refractivity (Wildman–Crippen MR) is 122 cm³/mol. The van der Waals surface area contributed by atoms with Gasteiger partial charge in [-0.05, 0) is 47.2 Å². The van der Waals surface area contributed by atoms with Crippen molar-refractivity contribution in [3.05, 3.63) is 94.9 Å². The SMILES string of the molecule is O=C(CN=Cc1ccc(-c2ccc(Br)cc2)o1)c1cc2c(ccc3ccccc32)o1. The molecule has 5 aromatic rings. The number of nitrogens with zero attached hydrogens (tertiary/aromatic N) is 1. The van der Waals surface area contributed by atoms with Crippen LogP contribution < -0.4 is 0 Å². The lowest BCUT2D eigenvalue weighted by molar-refractivity contribution is 0.0978. The van der Waals surface area contributed by atoms with Gasteiger partial charge in [-0.1, -0.05) is 58.4 Å². The molecule has 0 amide bonds. The number of carbonyl (C=O) groups is 1. The molecule has 0 unspecified atom stereocenters. The summed E-state index contributed by atoms with van der Waals surface area (Å²) < 4.78 is 12.6. The summed E-state index contributed by atoms with van der Waals surface area (Å²) in [5.41, 5.74) is 1.68. The number of ketones is 1. The lowest BCUT2D eigenvalue weighted by atomic mass is 10.1. The van der Waals surface area contributed by atoms with E-state index in [0.717, 1.165) is 32.0 Å². The first-order chi connectivity index (χ1) is 14.7. The number of hydrogen-bond donors (Lipinski definition) is 0. The zero-order valence-electron chi connectivity index (χ0n) is 15.8. The second-order valence-corrected chi connectivity index (χ2v) is 7.83. The van der Waals surface area contributed by atoms with Gasteiger partial charge in [0.05, 0.1) is 6.21 Å². The van der Waals surface area contributed by atoms with Gasteiger partial charge < -0.3 is 8.83 Å². The molecule has 4 nitrogen and oxygen atoms in total. The number of aliphatic imine (C=N–C) groups is 1. The lowest BCUT2D eigenvalue weighted by Gasteiger charge is -1.96. The van der Waals surface area contributed by atoms with E-state index in [1.54, 1.807) is 12.3 Å². The molecule has 5 heteroatoms. The van der Waals surface area contributed by atoms with Gasteiger partial charge in [0.15, 0.2) is 5.76 Å². The molecule has 3 aromatic carbocycles. The Labute approximate surface area is 181 Å². The highest BCUT2D eigenvalue weighted by atomic mass is 79.9. The first kappa shape index (κ1) is 18.6. The molecule has 0 radical (unpaired) electrons. The fourth-order valence-electron chi connectivity index (χ4n) is 3.42. The van der Waals surface area contributed by atoms with Crippen LogP contribution in [0.15, 0.2) is 97.2 Å². The van der Waals surface area contributed by atoms with Crippen molar-refractivity contribution in [1.29, 1.82) is 0 Å². The quantitative estimate of drug-likeness (QED) is 0.212. The van der Waals surface area contributed by atoms with Crippen LogP contribution in [-0.2, 0) is 0 Å². The summed E-state index contributed by atoms with van der Waals surface area (Å²) in [5.74, 6) is 1.48. The second kappa shape index (κ2) is 7.76. The molecule has 0 N–H and O–H groups in total. The number of fused-ring (bicyclic) bond motifs is 3. The van der Waals surface area contributed by atoms with Gasteiger partial charge in [-0.2, -0.15) is 0 Å². The average Bonchev–Trinajstić information content (AvgIpc) is 3.41. The number of halogens is 1. The Morgan fingerprint density at radius 2 is 1.73 bits per heavy atom. The Morgan fingerprint density at radius 3 is 2.60 bits per heavy atom. The van der Waals surface area contributed by atoms with Crippen molar-refractivity contribution in [3.8, 4) is 11.3 Å². The molecule has 5 rings (SSSR count). The van der Waals surface area contributed by atoms with Gasteiger partial charge in [-0.25, -0.2) is 0 Å². The van der Waals surface area contributed by atoms with Crippen LogP contribution in [0.2, 0.25) is 0 Å². The Bertz CT molecular complexity index is 1390. The number of carbonyl (C=O) groups excluding carboxylic acids is 1. The topological polar surface area (TPSA) is 55.7 Å². The molecule has 2 heterocycles. The van der Waals surface area contributed by atoms with E-state index in [1.165, 1.54) is 0 Å². The van der Waals surface area contributed by atoms with Gasteiger partial charge in [0, 0.05) is 15.4 Å². The maximum Gasteiger partial charge on any atom is 0.219 e. The van der Waals surface area contributed by atoms with Crippen LogP contribution in [0.3, 0.4) is 0 Å². The van der Waals surface area contributed by atoms with E-state index in [2.05, 4.69) is 20.9 Å². The first-order valence-electron chi connectivity index (χ1n) is 9.47. The van der Waals surface area contributed by atoms with Crippen molar-refractivity contribution in [2.24, 2.45) is 4.99 Å². The molecule has 0 fully saturated rings. The molecule has 2 aromatic heterocycles. The molecule has 0 bridgehead atoms. The van der Waals surface area contributed by atoms with Crippen LogP contribution in [0.5, 0.6) is 0 Å². The number of hydrogen-bond acceptors (Lipinski definition) is 4. The van der Waals surface area contributed by atoms with Crippen molar-refractivity contribution in [2.45, 2.75) is 0 Å². The fraction of sp³-hybridized carbons (Fsp3) is 0.0400. The van der Waals surface area contributed by atoms with Crippen molar-refractivity contribution in [1.82, 2.24) is 0 Å². The monoisotopic (exact) mass is 457 g/mol. The molecular formula is C25H16BrNO3. The van der Waals surface area contributed by atoms with Crippen molar-refractivity contribution in [3.63, 3.8) is 0 Å². The van der Waals surface area contributed by atoms with Crippen LogP contribution >= 0.6 is 15.9 Å². The molecule has 0 atom stereocenters. The summed E-state index contributed by atoms with van der Waals surface area (Å²) in [6, 6.07) is 25.3. The fourth-order valence-corrected chi connectivity index (χ4v) is 3.68. The highest BCUT2D eigenvalue weighted by molar-refractivity contribution is 9.10. The van der Waals surface area contributed by atoms with E-state index < -0.39 is 0 Å². The number of furan rings is 2. The highest BCUT2D eigenvalue weighted by Gasteiger charge is 2.13. The van der Waals surface area contributed by atoms with E-state index in [1.807, 2.05) is 72.8 Å². The molecule has 0 aliphatic carbocycles. The summed E-state index contributed by atoms with van der Waals surface area (Å²) in [5, 5.41) is 3.12. The van der Waals surface area contributed by atoms with Gasteiger partial charge in [-0.3, -0.25) is 9.79 Å². The number of Topliss-reactive ketones (excluding diaryl/α,β-unsaturated/α-hetero) is 1. The van der Waals surface area contributed by atoms with Crippen LogP contribution in [0.4, 0.5) is 0 Å². The predicted octanol–water partition coefficient (Wildman–Crippen LogP) is 6.91. The molecular weight excluding hydrogens is 442 g/mol. The average molecular weight is 458 g/mol. The van der Waals surface area contributed by atoms with E-state index >= 15 is 0 Å². The summed E-state index contributed by atoms with van der Waals surface area (Å²) >= 11 is 3.42. The van der Waals surface area contributed by atoms with Gasteiger partial charge in [0.1, 0.15) is 23.6 Å². The molecule has 0 aliphatic heterocycles. The smallest absolute Gasteiger partial charge is 0.219 e. The highest BCUT2D eigenvalue weighted by Crippen LogP contribution is 2.28. The molecule has 0 aliphatic rings. The minimum absolute atomic E-state index is 0.00787. The second-order valence-electron chi connectivity index (χ2n) is 6.91. The van der Waals surface area contributed by atoms with Crippen LogP contribution in [0.25, 0.3) is 33.1 Å². The molecule has 30 heavy (non-hydrogen) atoms. The van der Waals surface area contributed by atoms with Crippen molar-refractivity contribution in [2.75, 3.05) is 6.54 Å². The van der Waals surface area contributed by atoms with Crippen LogP contribution in [-0.4, -0.2) is 18.5 Å². The minimum Gasteiger partial charge on any atom is -0.455 e. The summed E-state index contributed by atoms with van der Waals surface area (Å²) in [7, 11) is 0. The zero-order valence-corrected chi connectivity index (χ0v) is 17.4. The standard InChI is InChI=1S/C25H16BrNO3/c26-18-8-5-17(6-9-18)23-12-10-19(29-23)14-27-15-22(28)25-13-21-20-4-2-1-3-16(20)7-11-24(21)30-25/h1-14H,15H2. The molecule has 0 saturated heterocycles. The van der Waals surface area contributed by atoms with Crippen molar-refractivity contribution < 1.29 is 13.6 Å². The summed E-state index contributed by atoms with van der Waals surface area (Å²) in [6.07, 6.45) is 1.57. The molecule has 146 valence electrons. The van der Waals surface area contributed by atoms with Gasteiger partial charge in [-0.15, -0.1) is 0 Å². The number of rotatable bonds is 5. The number of benzene rings is 3. The third-order valence-electron chi connectivity index (χ3n) is 4.91. The van der Waals surface area contributed by atoms with Gasteiger partial charge in [0.2, 0.25) is 5.78 Å². The Hall–Kier alpha value is -3.44. The Kier molecular flexibility index (Phi) is 4.81. The van der Waals surface area contributed by atoms with E-state index in [4.69, 9.17) is 8.83 Å². The van der Waals surface area contributed by atoms with Crippen molar-refractivity contribution >= 4 is 49.7 Å². The molecule has 0 saturated carbocycles. The first-order valence-corrected chi connectivity index (χ1v) is 10.3. The zero-order chi connectivity index (χ0) is 20.5. The Balaban J connectivity index is 1.32. The maximum absolute atomic E-state index is 12.6. The van der Waals surface area contributed by atoms with Gasteiger partial charge in [0.25, 0.3) is 0 Å². The van der Waals surface area contributed by atoms with E-state index in [9.17, 15) is 4.79 Å². The summed E-state index contributed by atoms with van der Waals surface area (Å²) in [4.78, 5) is 16.8. The van der Waals surface area contributed by atoms with Crippen LogP contribution in [0.1, 0.15) is 16.3 Å². The van der Waals surface area contributed by atoms with E-state index in [-0.39, 0.29) is 12.3 Å². The van der Waals surface area contributed by atoms with Crippen LogP contribution in [0, 0.1) is 0 Å². The maximum atomic E-state index is 12.6. The molecule has 0 spiro atoms. The minimum atomic E-state index is -0.175. The lowest BCUT2D eigenvalue weighted by Crippen LogP contribution is -2.01. The normalized spacial score (nSPS) is 11.6. The van der Waals surface area contributed by atoms with E-state index in [0.29, 0.717) is 17.1 Å². The third kappa shape index (κ3) is 3.60. The largest absolute Gasteiger partial charge is 0.455 e. The third-order valence-corrected chi connectivity index (χ3v) is 5.44.